The Bertz CT molecular complexity index is 1530. The van der Waals surface area contributed by atoms with Crippen molar-refractivity contribution in [1.29, 1.82) is 0 Å². The number of anilines is 1. The molecule has 1 fully saturated rings. The van der Waals surface area contributed by atoms with Crippen LogP contribution in [0, 0.1) is 0 Å². The molecule has 38 heavy (non-hydrogen) atoms. The van der Waals surface area contributed by atoms with Crippen LogP contribution in [0.15, 0.2) is 53.6 Å². The van der Waals surface area contributed by atoms with E-state index in [1.165, 1.54) is 4.68 Å². The average Bonchev–Trinajstić information content (AvgIpc) is 3.14. The number of piperidine rings is 1. The molecular weight excluding hydrogens is 494 g/mol. The van der Waals surface area contributed by atoms with E-state index in [0.717, 1.165) is 29.5 Å². The molecule has 2 aromatic carbocycles. The van der Waals surface area contributed by atoms with Crippen LogP contribution in [-0.4, -0.2) is 44.4 Å². The number of fused-ring (bicyclic) bond motifs is 1. The van der Waals surface area contributed by atoms with E-state index in [2.05, 4.69) is 20.6 Å². The van der Waals surface area contributed by atoms with Gasteiger partial charge in [0, 0.05) is 49.6 Å². The Balaban J connectivity index is 1.46. The number of halogens is 2. The second-order valence-electron chi connectivity index (χ2n) is 9.27. The molecular formula is C27H28F2N6O3. The maximum atomic E-state index is 13.1. The summed E-state index contributed by atoms with van der Waals surface area (Å²) in [6.07, 6.45) is 5.27. The zero-order chi connectivity index (χ0) is 26.8. The highest BCUT2D eigenvalue weighted by Crippen LogP contribution is 2.27. The minimum absolute atomic E-state index is 0.00175. The van der Waals surface area contributed by atoms with Crippen molar-refractivity contribution in [2.24, 2.45) is 7.05 Å². The van der Waals surface area contributed by atoms with Crippen LogP contribution in [0.4, 0.5) is 14.7 Å². The lowest BCUT2D eigenvalue weighted by molar-refractivity contribution is -0.122. The number of alkyl halides is 2. The van der Waals surface area contributed by atoms with Crippen molar-refractivity contribution in [3.8, 4) is 16.9 Å². The van der Waals surface area contributed by atoms with Gasteiger partial charge in [0.15, 0.2) is 0 Å². The Morgan fingerprint density at radius 2 is 1.92 bits per heavy atom. The van der Waals surface area contributed by atoms with Crippen LogP contribution in [0.2, 0.25) is 0 Å². The fourth-order valence-corrected chi connectivity index (χ4v) is 4.73. The molecule has 0 bridgehead atoms. The molecule has 1 atom stereocenters. The maximum Gasteiger partial charge on any atom is 0.387 e. The number of amides is 1. The number of hydrogen-bond acceptors (Lipinski definition) is 6. The van der Waals surface area contributed by atoms with Crippen molar-refractivity contribution < 1.29 is 18.3 Å². The highest BCUT2D eigenvalue weighted by molar-refractivity contribution is 5.84. The number of nitrogens with zero attached hydrogens (tertiary/aromatic N) is 4. The third-order valence-corrected chi connectivity index (χ3v) is 6.80. The standard InChI is InChI=1S/C27H28F2N6O3/c1-3-16-4-7-23(38-26(28)29)18(10-16)15-35-22-11-17(5-6-21(22)25(37)34(35)2)19-13-31-27(32-14-19)33-20-8-9-30-24(36)12-20/h4-7,10-11,13-14,20,26H,3,8-9,12,15H2,1-2H3,(H,30,36)(H,31,32,33)/t20-/m0/s1. The molecule has 1 aliphatic rings. The van der Waals surface area contributed by atoms with E-state index in [9.17, 15) is 18.4 Å². The molecule has 2 N–H and O–H groups in total. The van der Waals surface area contributed by atoms with E-state index in [-0.39, 0.29) is 29.8 Å². The number of aromatic nitrogens is 4. The van der Waals surface area contributed by atoms with E-state index >= 15 is 0 Å². The zero-order valence-corrected chi connectivity index (χ0v) is 21.1. The Hall–Kier alpha value is -4.28. The predicted octanol–water partition coefficient (Wildman–Crippen LogP) is 3.70. The Kier molecular flexibility index (Phi) is 7.08. The van der Waals surface area contributed by atoms with Crippen molar-refractivity contribution in [1.82, 2.24) is 24.6 Å². The number of carbonyl (C=O) groups excluding carboxylic acids is 1. The molecule has 5 rings (SSSR count). The number of hydrogen-bond donors (Lipinski definition) is 2. The third kappa shape index (κ3) is 5.22. The van der Waals surface area contributed by atoms with Crippen LogP contribution in [0.1, 0.15) is 30.9 Å². The summed E-state index contributed by atoms with van der Waals surface area (Å²) in [5.41, 5.74) is 3.53. The summed E-state index contributed by atoms with van der Waals surface area (Å²) in [5.74, 6) is 0.519. The summed E-state index contributed by atoms with van der Waals surface area (Å²) in [6.45, 7) is -0.186. The molecule has 0 unspecified atom stereocenters. The molecule has 0 aliphatic carbocycles. The first-order valence-corrected chi connectivity index (χ1v) is 12.4. The molecule has 11 heteroatoms. The maximum absolute atomic E-state index is 13.1. The second-order valence-corrected chi connectivity index (χ2v) is 9.27. The van der Waals surface area contributed by atoms with Gasteiger partial charge in [-0.05, 0) is 42.2 Å². The van der Waals surface area contributed by atoms with Crippen LogP contribution in [-0.2, 0) is 24.8 Å². The third-order valence-electron chi connectivity index (χ3n) is 6.80. The van der Waals surface area contributed by atoms with Crippen LogP contribution in [0.3, 0.4) is 0 Å². The van der Waals surface area contributed by atoms with E-state index in [1.54, 1.807) is 42.3 Å². The number of aryl methyl sites for hydroxylation is 1. The Labute approximate surface area is 217 Å². The highest BCUT2D eigenvalue weighted by atomic mass is 19.3. The van der Waals surface area contributed by atoms with Gasteiger partial charge in [0.2, 0.25) is 11.9 Å². The van der Waals surface area contributed by atoms with Gasteiger partial charge < -0.3 is 15.4 Å². The lowest BCUT2D eigenvalue weighted by Gasteiger charge is -2.22. The van der Waals surface area contributed by atoms with E-state index in [0.29, 0.717) is 35.4 Å². The van der Waals surface area contributed by atoms with E-state index in [4.69, 9.17) is 4.74 Å². The topological polar surface area (TPSA) is 103 Å². The normalized spacial score (nSPS) is 15.6. The number of rotatable bonds is 8. The molecule has 0 radical (unpaired) electrons. The summed E-state index contributed by atoms with van der Waals surface area (Å²) < 4.78 is 34.1. The lowest BCUT2D eigenvalue weighted by Crippen LogP contribution is -2.39. The quantitative estimate of drug-likeness (QED) is 0.366. The SMILES string of the molecule is CCc1ccc(OC(F)F)c(Cn2c3cc(-c4cnc(N[C@H]5CCNC(=O)C5)nc4)ccc3c(=O)n2C)c1. The zero-order valence-electron chi connectivity index (χ0n) is 21.1. The van der Waals surface area contributed by atoms with Crippen molar-refractivity contribution >= 4 is 22.8 Å². The number of ether oxygens (including phenoxy) is 1. The van der Waals surface area contributed by atoms with E-state index < -0.39 is 6.61 Å². The molecule has 1 aliphatic heterocycles. The molecule has 0 spiro atoms. The van der Waals surface area contributed by atoms with Gasteiger partial charge in [0.05, 0.1) is 17.4 Å². The predicted molar refractivity (Wildman–Crippen MR) is 139 cm³/mol. The first-order valence-electron chi connectivity index (χ1n) is 12.4. The molecule has 1 saturated heterocycles. The minimum Gasteiger partial charge on any atom is -0.434 e. The largest absolute Gasteiger partial charge is 0.434 e. The van der Waals surface area contributed by atoms with Gasteiger partial charge in [-0.15, -0.1) is 0 Å². The smallest absolute Gasteiger partial charge is 0.387 e. The first kappa shape index (κ1) is 25.4. The molecule has 2 aromatic heterocycles. The fraction of sp³-hybridized carbons (Fsp3) is 0.333. The Morgan fingerprint density at radius 1 is 1.13 bits per heavy atom. The highest BCUT2D eigenvalue weighted by Gasteiger charge is 2.20. The summed E-state index contributed by atoms with van der Waals surface area (Å²) in [5, 5.41) is 6.51. The summed E-state index contributed by atoms with van der Waals surface area (Å²) in [4.78, 5) is 33.4. The van der Waals surface area contributed by atoms with Crippen molar-refractivity contribution in [2.45, 2.75) is 45.4 Å². The van der Waals surface area contributed by atoms with Crippen LogP contribution in [0.25, 0.3) is 22.0 Å². The number of benzene rings is 2. The monoisotopic (exact) mass is 522 g/mol. The number of nitrogens with one attached hydrogen (secondary N) is 2. The summed E-state index contributed by atoms with van der Waals surface area (Å²) in [6, 6.07) is 10.5. The molecule has 1 amide bonds. The molecule has 3 heterocycles. The molecule has 4 aromatic rings. The second kappa shape index (κ2) is 10.6. The van der Waals surface area contributed by atoms with Gasteiger partial charge in [-0.2, -0.15) is 8.78 Å². The van der Waals surface area contributed by atoms with Crippen LogP contribution >= 0.6 is 0 Å². The lowest BCUT2D eigenvalue weighted by atomic mass is 10.1. The van der Waals surface area contributed by atoms with Crippen LogP contribution < -0.4 is 20.9 Å². The van der Waals surface area contributed by atoms with Gasteiger partial charge >= 0.3 is 6.61 Å². The molecule has 0 saturated carbocycles. The average molecular weight is 523 g/mol. The van der Waals surface area contributed by atoms with Crippen molar-refractivity contribution in [3.63, 3.8) is 0 Å². The first-order chi connectivity index (χ1) is 18.3. The van der Waals surface area contributed by atoms with Gasteiger partial charge in [-0.1, -0.05) is 25.1 Å². The molecule has 9 nitrogen and oxygen atoms in total. The number of carbonyl (C=O) groups is 1. The van der Waals surface area contributed by atoms with Gasteiger partial charge in [-0.3, -0.25) is 19.0 Å². The summed E-state index contributed by atoms with van der Waals surface area (Å²) in [7, 11) is 1.65. The molecule has 198 valence electrons. The van der Waals surface area contributed by atoms with Gasteiger partial charge in [-0.25, -0.2) is 9.97 Å². The van der Waals surface area contributed by atoms with Gasteiger partial charge in [0.1, 0.15) is 5.75 Å². The van der Waals surface area contributed by atoms with E-state index in [1.807, 2.05) is 25.1 Å². The van der Waals surface area contributed by atoms with Gasteiger partial charge in [0.25, 0.3) is 5.56 Å². The van der Waals surface area contributed by atoms with Crippen molar-refractivity contribution in [3.05, 3.63) is 70.3 Å². The Morgan fingerprint density at radius 3 is 2.63 bits per heavy atom. The fourth-order valence-electron chi connectivity index (χ4n) is 4.73. The minimum atomic E-state index is -2.95. The van der Waals surface area contributed by atoms with Crippen LogP contribution in [0.5, 0.6) is 5.75 Å². The summed E-state index contributed by atoms with van der Waals surface area (Å²) >= 11 is 0. The van der Waals surface area contributed by atoms with Crippen molar-refractivity contribution in [2.75, 3.05) is 11.9 Å².